The third kappa shape index (κ3) is 2.97. The van der Waals surface area contributed by atoms with Crippen LogP contribution in [0.3, 0.4) is 0 Å². The highest BCUT2D eigenvalue weighted by molar-refractivity contribution is 8.00. The van der Waals surface area contributed by atoms with Crippen LogP contribution in [0.2, 0.25) is 0 Å². The van der Waals surface area contributed by atoms with Crippen LogP contribution < -0.4 is 9.47 Å². The fraction of sp³-hybridized carbons (Fsp3) is 0.350. The van der Waals surface area contributed by atoms with Crippen LogP contribution in [0.5, 0.6) is 11.5 Å². The molecule has 2 aromatic rings. The van der Waals surface area contributed by atoms with Gasteiger partial charge < -0.3 is 14.4 Å². The maximum Gasteiger partial charge on any atom is 0.234 e. The lowest BCUT2D eigenvalue weighted by Crippen LogP contribution is -2.28. The molecule has 0 spiro atoms. The van der Waals surface area contributed by atoms with Gasteiger partial charge in [-0.2, -0.15) is 0 Å². The molecular formula is C20H21NO3S. The summed E-state index contributed by atoms with van der Waals surface area (Å²) in [4.78, 5) is 14.5. The number of hydrogen-bond donors (Lipinski definition) is 0. The molecule has 1 unspecified atom stereocenters. The summed E-state index contributed by atoms with van der Waals surface area (Å²) in [6.45, 7) is 7.23. The molecule has 0 bridgehead atoms. The van der Waals surface area contributed by atoms with Gasteiger partial charge in [0.2, 0.25) is 12.7 Å². The van der Waals surface area contributed by atoms with Crippen molar-refractivity contribution in [1.29, 1.82) is 0 Å². The van der Waals surface area contributed by atoms with Crippen LogP contribution in [-0.2, 0) is 11.3 Å². The first-order valence-electron chi connectivity index (χ1n) is 8.40. The van der Waals surface area contributed by atoms with Crippen molar-refractivity contribution in [1.82, 2.24) is 4.90 Å². The van der Waals surface area contributed by atoms with Crippen molar-refractivity contribution in [3.05, 3.63) is 58.1 Å². The van der Waals surface area contributed by atoms with Crippen molar-refractivity contribution in [2.24, 2.45) is 0 Å². The average Bonchev–Trinajstić information content (AvgIpc) is 3.15. The van der Waals surface area contributed by atoms with Crippen molar-refractivity contribution in [3.63, 3.8) is 0 Å². The second kappa shape index (κ2) is 6.30. The summed E-state index contributed by atoms with van der Waals surface area (Å²) < 4.78 is 10.8. The van der Waals surface area contributed by atoms with Gasteiger partial charge in [-0.15, -0.1) is 11.8 Å². The number of nitrogens with zero attached hydrogens (tertiary/aromatic N) is 1. The number of fused-ring (bicyclic) bond motifs is 1. The van der Waals surface area contributed by atoms with E-state index in [2.05, 4.69) is 32.9 Å². The van der Waals surface area contributed by atoms with E-state index in [1.807, 2.05) is 23.1 Å². The standard InChI is InChI=1S/C20H21NO3S/c1-12-6-13(2)19(14(3)7-12)20-21(18(22)10-25-20)9-15-4-5-16-17(8-15)24-11-23-16/h4-8,20H,9-11H2,1-3H3. The maximum absolute atomic E-state index is 12.5. The molecule has 0 N–H and O–H groups in total. The van der Waals surface area contributed by atoms with Crippen molar-refractivity contribution < 1.29 is 14.3 Å². The number of ether oxygens (including phenoxy) is 2. The molecule has 1 amide bonds. The quantitative estimate of drug-likeness (QED) is 0.830. The van der Waals surface area contributed by atoms with Crippen LogP contribution in [0.1, 0.15) is 33.2 Å². The zero-order valence-electron chi connectivity index (χ0n) is 14.7. The molecule has 0 aromatic heterocycles. The Morgan fingerprint density at radius 2 is 1.80 bits per heavy atom. The van der Waals surface area contributed by atoms with Crippen LogP contribution in [0, 0.1) is 20.8 Å². The Balaban J connectivity index is 1.65. The van der Waals surface area contributed by atoms with Gasteiger partial charge >= 0.3 is 0 Å². The number of carbonyl (C=O) groups is 1. The van der Waals surface area contributed by atoms with E-state index in [-0.39, 0.29) is 18.1 Å². The van der Waals surface area contributed by atoms with Crippen molar-refractivity contribution in [2.75, 3.05) is 12.5 Å². The lowest BCUT2D eigenvalue weighted by molar-refractivity contribution is -0.128. The summed E-state index contributed by atoms with van der Waals surface area (Å²) in [6, 6.07) is 10.3. The largest absolute Gasteiger partial charge is 0.454 e. The molecule has 4 nitrogen and oxygen atoms in total. The molecule has 5 heteroatoms. The molecule has 1 atom stereocenters. The summed E-state index contributed by atoms with van der Waals surface area (Å²) in [5, 5.41) is 0.0681. The minimum atomic E-state index is 0.0681. The van der Waals surface area contributed by atoms with E-state index in [1.165, 1.54) is 22.3 Å². The Hall–Kier alpha value is -2.14. The number of thioether (sulfide) groups is 1. The fourth-order valence-corrected chi connectivity index (χ4v) is 5.06. The highest BCUT2D eigenvalue weighted by Crippen LogP contribution is 2.43. The van der Waals surface area contributed by atoms with E-state index < -0.39 is 0 Å². The molecule has 4 rings (SSSR count). The SMILES string of the molecule is Cc1cc(C)c(C2SCC(=O)N2Cc2ccc3c(c2)OCO3)c(C)c1. The Morgan fingerprint density at radius 1 is 1.08 bits per heavy atom. The van der Waals surface area contributed by atoms with E-state index in [1.54, 1.807) is 11.8 Å². The molecular weight excluding hydrogens is 334 g/mol. The van der Waals surface area contributed by atoms with E-state index in [4.69, 9.17) is 9.47 Å². The normalized spacial score (nSPS) is 18.9. The topological polar surface area (TPSA) is 38.8 Å². The molecule has 2 aliphatic heterocycles. The van der Waals surface area contributed by atoms with Crippen LogP contribution in [0.15, 0.2) is 30.3 Å². The van der Waals surface area contributed by atoms with E-state index in [0.29, 0.717) is 12.3 Å². The van der Waals surface area contributed by atoms with E-state index in [0.717, 1.165) is 17.1 Å². The first kappa shape index (κ1) is 16.3. The van der Waals surface area contributed by atoms with Crippen molar-refractivity contribution >= 4 is 17.7 Å². The first-order chi connectivity index (χ1) is 12.0. The molecule has 25 heavy (non-hydrogen) atoms. The Kier molecular flexibility index (Phi) is 4.12. The Morgan fingerprint density at radius 3 is 2.56 bits per heavy atom. The predicted molar refractivity (Wildman–Crippen MR) is 99.0 cm³/mol. The summed E-state index contributed by atoms with van der Waals surface area (Å²) in [6.07, 6.45) is 0. The number of rotatable bonds is 3. The predicted octanol–water partition coefficient (Wildman–Crippen LogP) is 4.11. The Bertz CT molecular complexity index is 826. The lowest BCUT2D eigenvalue weighted by atomic mass is 9.99. The second-order valence-electron chi connectivity index (χ2n) is 6.69. The van der Waals surface area contributed by atoms with Gasteiger partial charge in [0.25, 0.3) is 0 Å². The number of aryl methyl sites for hydroxylation is 3. The molecule has 2 aliphatic rings. The summed E-state index contributed by atoms with van der Waals surface area (Å²) >= 11 is 1.71. The second-order valence-corrected chi connectivity index (χ2v) is 7.75. The maximum atomic E-state index is 12.5. The van der Waals surface area contributed by atoms with Crippen LogP contribution in [0.25, 0.3) is 0 Å². The van der Waals surface area contributed by atoms with Gasteiger partial charge in [-0.25, -0.2) is 0 Å². The van der Waals surface area contributed by atoms with Gasteiger partial charge in [-0.3, -0.25) is 4.79 Å². The number of hydrogen-bond acceptors (Lipinski definition) is 4. The third-order valence-corrected chi connectivity index (χ3v) is 5.96. The molecule has 1 saturated heterocycles. The number of benzene rings is 2. The summed E-state index contributed by atoms with van der Waals surface area (Å²) in [5.74, 6) is 2.25. The van der Waals surface area contributed by atoms with Crippen molar-refractivity contribution in [3.8, 4) is 11.5 Å². The van der Waals surface area contributed by atoms with Crippen LogP contribution in [0.4, 0.5) is 0 Å². The van der Waals surface area contributed by atoms with Gasteiger partial charge in [0.15, 0.2) is 11.5 Å². The molecule has 0 aliphatic carbocycles. The summed E-state index contributed by atoms with van der Waals surface area (Å²) in [7, 11) is 0. The first-order valence-corrected chi connectivity index (χ1v) is 9.45. The number of amides is 1. The number of carbonyl (C=O) groups excluding carboxylic acids is 1. The zero-order valence-corrected chi connectivity index (χ0v) is 15.5. The highest BCUT2D eigenvalue weighted by Gasteiger charge is 2.34. The monoisotopic (exact) mass is 355 g/mol. The molecule has 0 saturated carbocycles. The minimum Gasteiger partial charge on any atom is -0.454 e. The van der Waals surface area contributed by atoms with Gasteiger partial charge in [0.1, 0.15) is 5.37 Å². The van der Waals surface area contributed by atoms with Gasteiger partial charge in [0, 0.05) is 6.54 Å². The van der Waals surface area contributed by atoms with E-state index >= 15 is 0 Å². The van der Waals surface area contributed by atoms with E-state index in [9.17, 15) is 4.79 Å². The molecule has 1 fully saturated rings. The molecule has 2 aromatic carbocycles. The van der Waals surface area contributed by atoms with Gasteiger partial charge in [0.05, 0.1) is 5.75 Å². The smallest absolute Gasteiger partial charge is 0.234 e. The fourth-order valence-electron chi connectivity index (χ4n) is 3.68. The Labute approximate surface area is 152 Å². The van der Waals surface area contributed by atoms with Gasteiger partial charge in [-0.1, -0.05) is 23.8 Å². The van der Waals surface area contributed by atoms with Crippen LogP contribution in [-0.4, -0.2) is 23.4 Å². The highest BCUT2D eigenvalue weighted by atomic mass is 32.2. The lowest BCUT2D eigenvalue weighted by Gasteiger charge is -2.27. The molecule has 130 valence electrons. The third-order valence-electron chi connectivity index (χ3n) is 4.74. The summed E-state index contributed by atoms with van der Waals surface area (Å²) in [5.41, 5.74) is 6.09. The zero-order chi connectivity index (χ0) is 17.6. The minimum absolute atomic E-state index is 0.0681. The van der Waals surface area contributed by atoms with Gasteiger partial charge in [-0.05, 0) is 55.2 Å². The average molecular weight is 355 g/mol. The van der Waals surface area contributed by atoms with Crippen LogP contribution >= 0.6 is 11.8 Å². The van der Waals surface area contributed by atoms with Crippen molar-refractivity contribution in [2.45, 2.75) is 32.7 Å². The molecule has 2 heterocycles. The molecule has 0 radical (unpaired) electrons.